The predicted molar refractivity (Wildman–Crippen MR) is 76.3 cm³/mol. The van der Waals surface area contributed by atoms with E-state index in [1.807, 2.05) is 17.8 Å². The summed E-state index contributed by atoms with van der Waals surface area (Å²) < 4.78 is 0. The van der Waals surface area contributed by atoms with E-state index in [2.05, 4.69) is 36.9 Å². The molecule has 0 amide bonds. The fraction of sp³-hybridized carbons (Fsp3) is 0.455. The maximum atomic E-state index is 5.76. The number of thioether (sulfide) groups is 1. The Hall–Kier alpha value is 0.170. The molecule has 0 aliphatic heterocycles. The van der Waals surface area contributed by atoms with E-state index in [4.69, 9.17) is 5.73 Å². The molecule has 1 rings (SSSR count). The molecule has 0 fully saturated rings. The summed E-state index contributed by atoms with van der Waals surface area (Å²) in [5.41, 5.74) is 7.15. The minimum atomic E-state index is 0. The molecule has 1 atom stereocenters. The Balaban J connectivity index is 0.00000196. The molecule has 0 aromatic heterocycles. The highest BCUT2D eigenvalue weighted by Gasteiger charge is 1.99. The molecule has 1 unspecified atom stereocenters. The first kappa shape index (κ1) is 15.2. The van der Waals surface area contributed by atoms with Crippen molar-refractivity contribution in [2.24, 2.45) is 5.73 Å². The Morgan fingerprint density at radius 3 is 2.53 bits per heavy atom. The van der Waals surface area contributed by atoms with Gasteiger partial charge in [0.15, 0.2) is 0 Å². The standard InChI is InChI=1S/C11H17NS2.ClH/c12-11(8-13)6-7-14-9-10-4-2-1-3-5-10;/h1-5,11,13H,6-9,12H2;1H. The highest BCUT2D eigenvalue weighted by Crippen LogP contribution is 2.13. The van der Waals surface area contributed by atoms with Crippen LogP contribution >= 0.6 is 36.8 Å². The third-order valence-electron chi connectivity index (χ3n) is 1.98. The van der Waals surface area contributed by atoms with Crippen molar-refractivity contribution in [1.29, 1.82) is 0 Å². The zero-order valence-corrected chi connectivity index (χ0v) is 11.2. The Bertz CT molecular complexity index is 244. The zero-order valence-electron chi connectivity index (χ0n) is 8.63. The number of halogens is 1. The first-order chi connectivity index (χ1) is 6.83. The van der Waals surface area contributed by atoms with Crippen molar-refractivity contribution < 1.29 is 0 Å². The van der Waals surface area contributed by atoms with Crippen LogP contribution in [0.15, 0.2) is 30.3 Å². The van der Waals surface area contributed by atoms with Gasteiger partial charge in [-0.25, -0.2) is 0 Å². The minimum Gasteiger partial charge on any atom is -0.327 e. The average Bonchev–Trinajstić information content (AvgIpc) is 2.25. The normalized spacial score (nSPS) is 11.9. The molecule has 0 saturated heterocycles. The Kier molecular flexibility index (Phi) is 9.51. The van der Waals surface area contributed by atoms with Crippen molar-refractivity contribution in [3.63, 3.8) is 0 Å². The fourth-order valence-electron chi connectivity index (χ4n) is 1.09. The van der Waals surface area contributed by atoms with Gasteiger partial charge < -0.3 is 5.73 Å². The van der Waals surface area contributed by atoms with Crippen molar-refractivity contribution in [1.82, 2.24) is 0 Å². The lowest BCUT2D eigenvalue weighted by Crippen LogP contribution is -2.22. The van der Waals surface area contributed by atoms with Crippen LogP contribution in [0.25, 0.3) is 0 Å². The molecule has 1 aromatic rings. The van der Waals surface area contributed by atoms with Gasteiger partial charge >= 0.3 is 0 Å². The second-order valence-electron chi connectivity index (χ2n) is 3.27. The molecule has 1 nitrogen and oxygen atoms in total. The number of thiol groups is 1. The van der Waals surface area contributed by atoms with Gasteiger partial charge in [0.2, 0.25) is 0 Å². The van der Waals surface area contributed by atoms with Gasteiger partial charge in [0.1, 0.15) is 0 Å². The van der Waals surface area contributed by atoms with Crippen LogP contribution in [0.4, 0.5) is 0 Å². The molecular formula is C11H18ClNS2. The van der Waals surface area contributed by atoms with Crippen LogP contribution < -0.4 is 5.73 Å². The van der Waals surface area contributed by atoms with Crippen molar-refractivity contribution in [2.75, 3.05) is 11.5 Å². The van der Waals surface area contributed by atoms with E-state index < -0.39 is 0 Å². The van der Waals surface area contributed by atoms with Crippen molar-refractivity contribution in [3.05, 3.63) is 35.9 Å². The Morgan fingerprint density at radius 1 is 1.27 bits per heavy atom. The number of hydrogen-bond acceptors (Lipinski definition) is 3. The lowest BCUT2D eigenvalue weighted by atomic mass is 10.2. The van der Waals surface area contributed by atoms with E-state index in [0.717, 1.165) is 23.7 Å². The molecule has 1 aromatic carbocycles. The summed E-state index contributed by atoms with van der Waals surface area (Å²) in [7, 11) is 0. The summed E-state index contributed by atoms with van der Waals surface area (Å²) in [5, 5.41) is 0. The van der Waals surface area contributed by atoms with E-state index in [1.54, 1.807) is 0 Å². The molecular weight excluding hydrogens is 246 g/mol. The van der Waals surface area contributed by atoms with Gasteiger partial charge in [0.05, 0.1) is 0 Å². The largest absolute Gasteiger partial charge is 0.327 e. The maximum absolute atomic E-state index is 5.76. The lowest BCUT2D eigenvalue weighted by molar-refractivity contribution is 0.733. The molecule has 4 heteroatoms. The van der Waals surface area contributed by atoms with Gasteiger partial charge in [0, 0.05) is 17.5 Å². The van der Waals surface area contributed by atoms with Gasteiger partial charge in [-0.05, 0) is 17.7 Å². The topological polar surface area (TPSA) is 26.0 Å². The van der Waals surface area contributed by atoms with Crippen LogP contribution in [0.5, 0.6) is 0 Å². The average molecular weight is 264 g/mol. The van der Waals surface area contributed by atoms with E-state index in [9.17, 15) is 0 Å². The van der Waals surface area contributed by atoms with Crippen LogP contribution in [0.3, 0.4) is 0 Å². The molecule has 2 N–H and O–H groups in total. The molecule has 0 heterocycles. The van der Waals surface area contributed by atoms with Crippen LogP contribution in [0.1, 0.15) is 12.0 Å². The zero-order chi connectivity index (χ0) is 10.2. The van der Waals surface area contributed by atoms with Crippen LogP contribution in [0, 0.1) is 0 Å². The van der Waals surface area contributed by atoms with E-state index in [0.29, 0.717) is 0 Å². The van der Waals surface area contributed by atoms with Gasteiger partial charge in [-0.1, -0.05) is 30.3 Å². The van der Waals surface area contributed by atoms with Crippen molar-refractivity contribution in [3.8, 4) is 0 Å². The first-order valence-corrected chi connectivity index (χ1v) is 6.59. The maximum Gasteiger partial charge on any atom is 0.0184 e. The van der Waals surface area contributed by atoms with Gasteiger partial charge in [-0.3, -0.25) is 0 Å². The third kappa shape index (κ3) is 7.12. The monoisotopic (exact) mass is 263 g/mol. The summed E-state index contributed by atoms with van der Waals surface area (Å²) >= 11 is 6.09. The lowest BCUT2D eigenvalue weighted by Gasteiger charge is -2.07. The molecule has 86 valence electrons. The Morgan fingerprint density at radius 2 is 1.93 bits per heavy atom. The second kappa shape index (κ2) is 9.40. The third-order valence-corrected chi connectivity index (χ3v) is 3.51. The van der Waals surface area contributed by atoms with Gasteiger partial charge in [-0.2, -0.15) is 24.4 Å². The molecule has 0 radical (unpaired) electrons. The molecule has 15 heavy (non-hydrogen) atoms. The fourth-order valence-corrected chi connectivity index (χ4v) is 2.31. The molecule has 0 saturated carbocycles. The molecule has 0 bridgehead atoms. The predicted octanol–water partition coefficient (Wildman–Crippen LogP) is 2.99. The van der Waals surface area contributed by atoms with E-state index in [-0.39, 0.29) is 18.4 Å². The highest BCUT2D eigenvalue weighted by atomic mass is 35.5. The van der Waals surface area contributed by atoms with Crippen LogP contribution in [-0.4, -0.2) is 17.5 Å². The summed E-state index contributed by atoms with van der Waals surface area (Å²) in [6.07, 6.45) is 1.06. The van der Waals surface area contributed by atoms with Crippen LogP contribution in [0.2, 0.25) is 0 Å². The number of rotatable bonds is 6. The van der Waals surface area contributed by atoms with Gasteiger partial charge in [-0.15, -0.1) is 12.4 Å². The van der Waals surface area contributed by atoms with E-state index in [1.165, 1.54) is 5.56 Å². The second-order valence-corrected chi connectivity index (χ2v) is 4.74. The first-order valence-electron chi connectivity index (χ1n) is 4.81. The van der Waals surface area contributed by atoms with Crippen molar-refractivity contribution >= 4 is 36.8 Å². The smallest absolute Gasteiger partial charge is 0.0184 e. The number of benzene rings is 1. The number of hydrogen-bond donors (Lipinski definition) is 2. The van der Waals surface area contributed by atoms with Crippen LogP contribution in [-0.2, 0) is 5.75 Å². The summed E-state index contributed by atoms with van der Waals surface area (Å²) in [5.74, 6) is 2.99. The highest BCUT2D eigenvalue weighted by molar-refractivity contribution is 7.98. The minimum absolute atomic E-state index is 0. The van der Waals surface area contributed by atoms with E-state index >= 15 is 0 Å². The quantitative estimate of drug-likeness (QED) is 0.610. The SMILES string of the molecule is Cl.NC(CS)CCSCc1ccccc1. The molecule has 0 spiro atoms. The number of nitrogens with two attached hydrogens (primary N) is 1. The van der Waals surface area contributed by atoms with Crippen molar-refractivity contribution in [2.45, 2.75) is 18.2 Å². The summed E-state index contributed by atoms with van der Waals surface area (Å²) in [6, 6.07) is 10.8. The van der Waals surface area contributed by atoms with Gasteiger partial charge in [0.25, 0.3) is 0 Å². The Labute approximate surface area is 108 Å². The summed E-state index contributed by atoms with van der Waals surface area (Å²) in [4.78, 5) is 0. The summed E-state index contributed by atoms with van der Waals surface area (Å²) in [6.45, 7) is 0. The molecule has 0 aliphatic carbocycles. The molecule has 0 aliphatic rings.